The molecule has 1 aliphatic rings. The van der Waals surface area contributed by atoms with Crippen LogP contribution >= 0.6 is 27.5 Å². The average molecular weight is 375 g/mol. The first kappa shape index (κ1) is 16.3. The van der Waals surface area contributed by atoms with Crippen molar-refractivity contribution in [3.05, 3.63) is 27.7 Å². The molecule has 0 spiro atoms. The predicted octanol–water partition coefficient (Wildman–Crippen LogP) is 4.47. The van der Waals surface area contributed by atoms with Crippen LogP contribution in [-0.2, 0) is 9.59 Å². The summed E-state index contributed by atoms with van der Waals surface area (Å²) in [7, 11) is 0. The maximum absolute atomic E-state index is 12.2. The Morgan fingerprint density at radius 3 is 2.57 bits per heavy atom. The third-order valence-corrected chi connectivity index (χ3v) is 4.89. The zero-order chi connectivity index (χ0) is 15.5. The molecular weight excluding hydrogens is 358 g/mol. The molecule has 1 fully saturated rings. The van der Waals surface area contributed by atoms with Gasteiger partial charge in [0.15, 0.2) is 0 Å². The average Bonchev–Trinajstić information content (AvgIpc) is 2.43. The van der Waals surface area contributed by atoms with E-state index < -0.39 is 11.4 Å². The highest BCUT2D eigenvalue weighted by Crippen LogP contribution is 2.40. The first-order valence-electron chi connectivity index (χ1n) is 6.91. The van der Waals surface area contributed by atoms with E-state index in [-0.39, 0.29) is 12.3 Å². The normalized spacial score (nSPS) is 17.2. The Bertz CT molecular complexity index is 556. The molecule has 1 saturated carbocycles. The van der Waals surface area contributed by atoms with E-state index in [0.29, 0.717) is 28.0 Å². The molecule has 1 aromatic rings. The molecule has 0 atom stereocenters. The minimum atomic E-state index is -0.923. The van der Waals surface area contributed by atoms with E-state index in [0.717, 1.165) is 19.3 Å². The molecule has 6 heteroatoms. The van der Waals surface area contributed by atoms with Crippen LogP contribution in [0.5, 0.6) is 0 Å². The molecular formula is C15H17BrClNO3. The number of carboxylic acids is 1. The fourth-order valence-electron chi connectivity index (χ4n) is 2.79. The fourth-order valence-corrected chi connectivity index (χ4v) is 3.31. The minimum Gasteiger partial charge on any atom is -0.481 e. The number of halogens is 2. The van der Waals surface area contributed by atoms with Crippen molar-refractivity contribution in [3.8, 4) is 0 Å². The van der Waals surface area contributed by atoms with Crippen molar-refractivity contribution in [2.75, 3.05) is 5.32 Å². The second-order valence-electron chi connectivity index (χ2n) is 5.50. The number of hydrogen-bond donors (Lipinski definition) is 2. The number of carbonyl (C=O) groups is 2. The van der Waals surface area contributed by atoms with Crippen molar-refractivity contribution in [1.29, 1.82) is 0 Å². The molecule has 0 aromatic heterocycles. The molecule has 0 heterocycles. The Balaban J connectivity index is 2.09. The van der Waals surface area contributed by atoms with Crippen molar-refractivity contribution in [1.82, 2.24) is 0 Å². The van der Waals surface area contributed by atoms with Gasteiger partial charge in [-0.15, -0.1) is 0 Å². The Kier molecular flexibility index (Phi) is 5.27. The Morgan fingerprint density at radius 1 is 1.29 bits per heavy atom. The van der Waals surface area contributed by atoms with E-state index in [4.69, 9.17) is 11.6 Å². The van der Waals surface area contributed by atoms with Crippen LogP contribution in [0.1, 0.15) is 38.5 Å². The lowest BCUT2D eigenvalue weighted by molar-refractivity contribution is -0.153. The van der Waals surface area contributed by atoms with Gasteiger partial charge in [0.25, 0.3) is 0 Å². The summed E-state index contributed by atoms with van der Waals surface area (Å²) in [5, 5.41) is 12.7. The van der Waals surface area contributed by atoms with Crippen molar-refractivity contribution in [2.45, 2.75) is 38.5 Å². The van der Waals surface area contributed by atoms with Gasteiger partial charge in [-0.3, -0.25) is 9.59 Å². The quantitative estimate of drug-likeness (QED) is 0.817. The molecule has 2 N–H and O–H groups in total. The van der Waals surface area contributed by atoms with E-state index in [1.165, 1.54) is 0 Å². The molecule has 4 nitrogen and oxygen atoms in total. The van der Waals surface area contributed by atoms with E-state index in [2.05, 4.69) is 21.2 Å². The van der Waals surface area contributed by atoms with E-state index >= 15 is 0 Å². The number of hydrogen-bond acceptors (Lipinski definition) is 2. The lowest BCUT2D eigenvalue weighted by Gasteiger charge is -2.32. The van der Waals surface area contributed by atoms with Gasteiger partial charge in [0.2, 0.25) is 5.91 Å². The lowest BCUT2D eigenvalue weighted by atomic mass is 9.71. The number of benzene rings is 1. The van der Waals surface area contributed by atoms with Crippen LogP contribution in [0.25, 0.3) is 0 Å². The van der Waals surface area contributed by atoms with Crippen LogP contribution in [-0.4, -0.2) is 17.0 Å². The molecule has 1 aromatic carbocycles. The Labute approximate surface area is 137 Å². The summed E-state index contributed by atoms with van der Waals surface area (Å²) in [4.78, 5) is 23.8. The summed E-state index contributed by atoms with van der Waals surface area (Å²) in [6, 6.07) is 5.09. The van der Waals surface area contributed by atoms with Gasteiger partial charge in [-0.05, 0) is 47.0 Å². The molecule has 1 amide bonds. The summed E-state index contributed by atoms with van der Waals surface area (Å²) in [6.45, 7) is 0. The van der Waals surface area contributed by atoms with Crippen LogP contribution in [0.4, 0.5) is 5.69 Å². The van der Waals surface area contributed by atoms with Crippen LogP contribution in [0.3, 0.4) is 0 Å². The molecule has 0 saturated heterocycles. The number of rotatable bonds is 4. The number of aliphatic carboxylic acids is 1. The number of carboxylic acid groups (broad SMARTS) is 1. The summed E-state index contributed by atoms with van der Waals surface area (Å²) < 4.78 is 0.716. The number of anilines is 1. The molecule has 0 radical (unpaired) electrons. The van der Waals surface area contributed by atoms with Gasteiger partial charge in [0, 0.05) is 15.9 Å². The summed E-state index contributed by atoms with van der Waals surface area (Å²) in [6.07, 6.45) is 3.89. The monoisotopic (exact) mass is 373 g/mol. The highest BCUT2D eigenvalue weighted by Gasteiger charge is 2.41. The smallest absolute Gasteiger partial charge is 0.310 e. The second-order valence-corrected chi connectivity index (χ2v) is 6.79. The summed E-state index contributed by atoms with van der Waals surface area (Å²) in [5.41, 5.74) is -0.364. The third-order valence-electron chi connectivity index (χ3n) is 3.97. The molecule has 114 valence electrons. The lowest BCUT2D eigenvalue weighted by Crippen LogP contribution is -2.37. The highest BCUT2D eigenvalue weighted by atomic mass is 79.9. The van der Waals surface area contributed by atoms with E-state index in [9.17, 15) is 14.7 Å². The maximum atomic E-state index is 12.2. The van der Waals surface area contributed by atoms with E-state index in [1.54, 1.807) is 18.2 Å². The van der Waals surface area contributed by atoms with Gasteiger partial charge in [-0.25, -0.2) is 0 Å². The molecule has 1 aliphatic carbocycles. The molecule has 21 heavy (non-hydrogen) atoms. The molecule has 0 bridgehead atoms. The maximum Gasteiger partial charge on any atom is 0.310 e. The standard InChI is InChI=1S/C15H17BrClNO3/c16-11-5-4-10(17)8-12(11)18-13(19)9-15(14(20)21)6-2-1-3-7-15/h4-5,8H,1-3,6-7,9H2,(H,18,19)(H,20,21). The molecule has 0 aliphatic heterocycles. The van der Waals surface area contributed by atoms with Crippen LogP contribution in [0, 0.1) is 5.41 Å². The molecule has 2 rings (SSSR count). The second kappa shape index (κ2) is 6.79. The van der Waals surface area contributed by atoms with Gasteiger partial charge in [-0.2, -0.15) is 0 Å². The zero-order valence-corrected chi connectivity index (χ0v) is 13.8. The predicted molar refractivity (Wildman–Crippen MR) is 85.6 cm³/mol. The van der Waals surface area contributed by atoms with Crippen LogP contribution in [0.15, 0.2) is 22.7 Å². The first-order valence-corrected chi connectivity index (χ1v) is 8.08. The zero-order valence-electron chi connectivity index (χ0n) is 11.5. The van der Waals surface area contributed by atoms with Gasteiger partial charge in [0.1, 0.15) is 0 Å². The number of carbonyl (C=O) groups excluding carboxylic acids is 1. The highest BCUT2D eigenvalue weighted by molar-refractivity contribution is 9.10. The van der Waals surface area contributed by atoms with Crippen molar-refractivity contribution in [3.63, 3.8) is 0 Å². The first-order chi connectivity index (χ1) is 9.93. The fraction of sp³-hybridized carbons (Fsp3) is 0.467. The number of amides is 1. The topological polar surface area (TPSA) is 66.4 Å². The van der Waals surface area contributed by atoms with Crippen molar-refractivity contribution in [2.24, 2.45) is 5.41 Å². The Morgan fingerprint density at radius 2 is 1.95 bits per heavy atom. The summed E-state index contributed by atoms with van der Waals surface area (Å²) >= 11 is 9.24. The van der Waals surface area contributed by atoms with Gasteiger partial charge in [-0.1, -0.05) is 30.9 Å². The Hall–Kier alpha value is -1.07. The van der Waals surface area contributed by atoms with Crippen molar-refractivity contribution >= 4 is 45.1 Å². The third kappa shape index (κ3) is 3.98. The van der Waals surface area contributed by atoms with E-state index in [1.807, 2.05) is 0 Å². The van der Waals surface area contributed by atoms with Gasteiger partial charge >= 0.3 is 5.97 Å². The van der Waals surface area contributed by atoms with Crippen LogP contribution < -0.4 is 5.32 Å². The van der Waals surface area contributed by atoms with Gasteiger partial charge in [0.05, 0.1) is 11.1 Å². The van der Waals surface area contributed by atoms with Gasteiger partial charge < -0.3 is 10.4 Å². The van der Waals surface area contributed by atoms with Crippen molar-refractivity contribution < 1.29 is 14.7 Å². The minimum absolute atomic E-state index is 0.00128. The molecule has 0 unspecified atom stereocenters. The summed E-state index contributed by atoms with van der Waals surface area (Å²) in [5.74, 6) is -1.16. The number of nitrogens with one attached hydrogen (secondary N) is 1. The SMILES string of the molecule is O=C(CC1(C(=O)O)CCCCC1)Nc1cc(Cl)ccc1Br. The van der Waals surface area contributed by atoms with Crippen LogP contribution in [0.2, 0.25) is 5.02 Å². The largest absolute Gasteiger partial charge is 0.481 e.